The van der Waals surface area contributed by atoms with E-state index in [1.807, 2.05) is 30.3 Å². The van der Waals surface area contributed by atoms with Crippen LogP contribution in [0.5, 0.6) is 0 Å². The van der Waals surface area contributed by atoms with E-state index in [-0.39, 0.29) is 6.61 Å². The average Bonchev–Trinajstić information content (AvgIpc) is 2.71. The van der Waals surface area contributed by atoms with Gasteiger partial charge in [0.15, 0.2) is 6.10 Å². The monoisotopic (exact) mass is 270 g/mol. The minimum Gasteiger partial charge on any atom is -0.394 e. The van der Waals surface area contributed by atoms with Crippen LogP contribution in [0.4, 0.5) is 0 Å². The molecule has 0 bridgehead atoms. The summed E-state index contributed by atoms with van der Waals surface area (Å²) in [5, 5.41) is 28.7. The molecular weight excluding hydrogens is 252 g/mol. The molecule has 106 valence electrons. The van der Waals surface area contributed by atoms with Crippen molar-refractivity contribution in [2.24, 2.45) is 0 Å². The molecule has 1 aliphatic rings. The molecule has 1 fully saturated rings. The van der Waals surface area contributed by atoms with Gasteiger partial charge in [0.05, 0.1) is 13.2 Å². The molecule has 1 heterocycles. The maximum Gasteiger partial charge on any atom is 0.313 e. The second-order valence-corrected chi connectivity index (χ2v) is 4.36. The fourth-order valence-electron chi connectivity index (χ4n) is 2.01. The predicted molar refractivity (Wildman–Crippen MR) is 64.9 cm³/mol. The molecule has 0 aliphatic carbocycles. The molecule has 0 amide bonds. The molecule has 1 aliphatic heterocycles. The highest BCUT2D eigenvalue weighted by atomic mass is 16.9. The summed E-state index contributed by atoms with van der Waals surface area (Å²) in [5.41, 5.74) is 0.872. The first-order valence-electron chi connectivity index (χ1n) is 6.01. The van der Waals surface area contributed by atoms with Crippen molar-refractivity contribution in [3.63, 3.8) is 0 Å². The number of aliphatic hydroxyl groups is 3. The number of aliphatic hydroxyl groups excluding tert-OH is 3. The number of rotatable bonds is 5. The quantitative estimate of drug-likeness (QED) is 0.632. The SMILES string of the molecule is CO[C@@]1(OCc2ccccc2)O[C@H](CO)[C@@H](O)[C@H]1O. The van der Waals surface area contributed by atoms with Gasteiger partial charge in [0.2, 0.25) is 0 Å². The fraction of sp³-hybridized carbons (Fsp3) is 0.538. The fourth-order valence-corrected chi connectivity index (χ4v) is 2.01. The molecule has 19 heavy (non-hydrogen) atoms. The van der Waals surface area contributed by atoms with Gasteiger partial charge in [-0.1, -0.05) is 30.3 Å². The van der Waals surface area contributed by atoms with Gasteiger partial charge in [0, 0.05) is 7.11 Å². The lowest BCUT2D eigenvalue weighted by Crippen LogP contribution is -2.47. The summed E-state index contributed by atoms with van der Waals surface area (Å²) in [5.74, 6) is -1.76. The van der Waals surface area contributed by atoms with Crippen molar-refractivity contribution in [1.29, 1.82) is 0 Å². The highest BCUT2D eigenvalue weighted by Crippen LogP contribution is 2.33. The molecule has 0 radical (unpaired) electrons. The molecule has 3 N–H and O–H groups in total. The van der Waals surface area contributed by atoms with E-state index in [1.165, 1.54) is 7.11 Å². The van der Waals surface area contributed by atoms with Gasteiger partial charge in [0.25, 0.3) is 0 Å². The summed E-state index contributed by atoms with van der Waals surface area (Å²) in [6.45, 7) is -0.283. The molecular formula is C13H18O6. The largest absolute Gasteiger partial charge is 0.394 e. The Morgan fingerprint density at radius 3 is 2.47 bits per heavy atom. The number of hydrogen-bond acceptors (Lipinski definition) is 6. The summed E-state index contributed by atoms with van der Waals surface area (Å²) in [6.07, 6.45) is -3.59. The van der Waals surface area contributed by atoms with E-state index in [9.17, 15) is 10.2 Å². The Kier molecular flexibility index (Phi) is 4.51. The van der Waals surface area contributed by atoms with E-state index < -0.39 is 30.9 Å². The van der Waals surface area contributed by atoms with Crippen molar-refractivity contribution in [2.75, 3.05) is 13.7 Å². The lowest BCUT2D eigenvalue weighted by Gasteiger charge is -2.29. The Morgan fingerprint density at radius 2 is 1.95 bits per heavy atom. The van der Waals surface area contributed by atoms with E-state index in [1.54, 1.807) is 0 Å². The molecule has 0 aromatic heterocycles. The molecule has 1 aromatic carbocycles. The van der Waals surface area contributed by atoms with Crippen LogP contribution in [0.1, 0.15) is 5.56 Å². The molecule has 6 heteroatoms. The van der Waals surface area contributed by atoms with Gasteiger partial charge in [-0.3, -0.25) is 0 Å². The zero-order valence-electron chi connectivity index (χ0n) is 10.6. The van der Waals surface area contributed by atoms with Crippen LogP contribution in [0.25, 0.3) is 0 Å². The molecule has 2 rings (SSSR count). The normalized spacial score (nSPS) is 34.6. The molecule has 6 nitrogen and oxygen atoms in total. The van der Waals surface area contributed by atoms with Crippen molar-refractivity contribution < 1.29 is 29.5 Å². The second-order valence-electron chi connectivity index (χ2n) is 4.36. The third-order valence-corrected chi connectivity index (χ3v) is 3.13. The van der Waals surface area contributed by atoms with Crippen LogP contribution in [0.3, 0.4) is 0 Å². The second kappa shape index (κ2) is 5.96. The van der Waals surface area contributed by atoms with Crippen LogP contribution in [-0.2, 0) is 20.8 Å². The van der Waals surface area contributed by atoms with Gasteiger partial charge < -0.3 is 29.5 Å². The molecule has 0 unspecified atom stereocenters. The number of hydrogen-bond donors (Lipinski definition) is 3. The van der Waals surface area contributed by atoms with Crippen molar-refractivity contribution in [3.8, 4) is 0 Å². The molecule has 0 saturated carbocycles. The van der Waals surface area contributed by atoms with Gasteiger partial charge in [-0.05, 0) is 5.56 Å². The number of benzene rings is 1. The minimum atomic E-state index is -1.76. The number of ether oxygens (including phenoxy) is 3. The number of methoxy groups -OCH3 is 1. The Morgan fingerprint density at radius 1 is 1.26 bits per heavy atom. The Bertz CT molecular complexity index is 397. The predicted octanol–water partition coefficient (Wildman–Crippen LogP) is -0.384. The van der Waals surface area contributed by atoms with E-state index in [2.05, 4.69) is 0 Å². The minimum absolute atomic E-state index is 0.149. The van der Waals surface area contributed by atoms with Gasteiger partial charge in [-0.15, -0.1) is 0 Å². The third-order valence-electron chi connectivity index (χ3n) is 3.13. The first kappa shape index (κ1) is 14.4. The van der Waals surface area contributed by atoms with Crippen molar-refractivity contribution in [1.82, 2.24) is 0 Å². The van der Waals surface area contributed by atoms with Crippen LogP contribution < -0.4 is 0 Å². The summed E-state index contributed by atoms with van der Waals surface area (Å²) in [7, 11) is 1.31. The van der Waals surface area contributed by atoms with Crippen LogP contribution in [0, 0.1) is 0 Å². The van der Waals surface area contributed by atoms with Crippen molar-refractivity contribution >= 4 is 0 Å². The Balaban J connectivity index is 2.07. The van der Waals surface area contributed by atoms with Crippen LogP contribution in [0.15, 0.2) is 30.3 Å². The highest BCUT2D eigenvalue weighted by molar-refractivity contribution is 5.13. The summed E-state index contributed by atoms with van der Waals surface area (Å²) in [4.78, 5) is 0. The first-order valence-corrected chi connectivity index (χ1v) is 6.01. The zero-order chi connectivity index (χ0) is 13.9. The van der Waals surface area contributed by atoms with E-state index >= 15 is 0 Å². The van der Waals surface area contributed by atoms with Gasteiger partial charge >= 0.3 is 5.97 Å². The average molecular weight is 270 g/mol. The van der Waals surface area contributed by atoms with Gasteiger partial charge in [0.1, 0.15) is 12.2 Å². The van der Waals surface area contributed by atoms with Crippen LogP contribution >= 0.6 is 0 Å². The smallest absolute Gasteiger partial charge is 0.313 e. The van der Waals surface area contributed by atoms with Crippen molar-refractivity contribution in [3.05, 3.63) is 35.9 Å². The summed E-state index contributed by atoms with van der Waals surface area (Å²) >= 11 is 0. The molecule has 1 saturated heterocycles. The molecule has 1 aromatic rings. The molecule has 4 atom stereocenters. The first-order chi connectivity index (χ1) is 9.13. The third kappa shape index (κ3) is 2.79. The van der Waals surface area contributed by atoms with Crippen molar-refractivity contribution in [2.45, 2.75) is 30.9 Å². The Hall–Kier alpha value is -1.02. The maximum absolute atomic E-state index is 9.95. The summed E-state index contributed by atoms with van der Waals surface area (Å²) < 4.78 is 15.8. The lowest BCUT2D eigenvalue weighted by atomic mass is 10.1. The van der Waals surface area contributed by atoms with E-state index in [4.69, 9.17) is 19.3 Å². The van der Waals surface area contributed by atoms with E-state index in [0.717, 1.165) is 5.56 Å². The maximum atomic E-state index is 9.95. The lowest BCUT2D eigenvalue weighted by molar-refractivity contribution is -0.391. The summed E-state index contributed by atoms with van der Waals surface area (Å²) in [6, 6.07) is 9.29. The van der Waals surface area contributed by atoms with Gasteiger partial charge in [-0.2, -0.15) is 0 Å². The van der Waals surface area contributed by atoms with Crippen LogP contribution in [-0.4, -0.2) is 53.3 Å². The zero-order valence-corrected chi connectivity index (χ0v) is 10.6. The van der Waals surface area contributed by atoms with E-state index in [0.29, 0.717) is 0 Å². The standard InChI is InChI=1S/C13H18O6/c1-17-13(12(16)11(15)10(7-14)19-13)18-8-9-5-3-2-4-6-9/h2-6,10-12,14-16H,7-8H2,1H3/t10-,11-,12-,13+/m1/s1. The van der Waals surface area contributed by atoms with Crippen LogP contribution in [0.2, 0.25) is 0 Å². The Labute approximate surface area is 111 Å². The topological polar surface area (TPSA) is 88.4 Å². The highest BCUT2D eigenvalue weighted by Gasteiger charge is 2.56. The molecule has 0 spiro atoms. The van der Waals surface area contributed by atoms with Gasteiger partial charge in [-0.25, -0.2) is 0 Å².